The predicted octanol–water partition coefficient (Wildman–Crippen LogP) is 3.28. The molecule has 1 aromatic carbocycles. The van der Waals surface area contributed by atoms with Crippen LogP contribution in [0.25, 0.3) is 0 Å². The Balaban J connectivity index is 1.87. The van der Waals surface area contributed by atoms with Crippen molar-refractivity contribution in [3.8, 4) is 0 Å². The molecule has 0 bridgehead atoms. The number of benzene rings is 1. The highest BCUT2D eigenvalue weighted by Crippen LogP contribution is 2.15. The van der Waals surface area contributed by atoms with Gasteiger partial charge in [0.05, 0.1) is 5.75 Å². The zero-order valence-corrected chi connectivity index (χ0v) is 14.8. The van der Waals surface area contributed by atoms with Crippen molar-refractivity contribution in [3.63, 3.8) is 0 Å². The lowest BCUT2D eigenvalue weighted by atomic mass is 10.1. The monoisotopic (exact) mass is 329 g/mol. The molecule has 0 aliphatic heterocycles. The summed E-state index contributed by atoms with van der Waals surface area (Å²) in [6.07, 6.45) is 0.880. The molecule has 0 N–H and O–H groups in total. The summed E-state index contributed by atoms with van der Waals surface area (Å²) in [6, 6.07) is 12.2. The fourth-order valence-electron chi connectivity index (χ4n) is 2.34. The number of aromatic nitrogens is 2. The first kappa shape index (κ1) is 17.5. The number of hydrogen-bond acceptors (Lipinski definition) is 4. The molecule has 0 fully saturated rings. The molecule has 1 amide bonds. The van der Waals surface area contributed by atoms with Crippen molar-refractivity contribution in [3.05, 3.63) is 53.3 Å². The summed E-state index contributed by atoms with van der Waals surface area (Å²) >= 11 is 1.41. The van der Waals surface area contributed by atoms with Crippen molar-refractivity contribution in [1.29, 1.82) is 0 Å². The molecule has 0 spiro atoms. The van der Waals surface area contributed by atoms with Gasteiger partial charge in [-0.25, -0.2) is 9.97 Å². The van der Waals surface area contributed by atoms with Crippen molar-refractivity contribution in [1.82, 2.24) is 14.9 Å². The third-order valence-electron chi connectivity index (χ3n) is 3.53. The van der Waals surface area contributed by atoms with E-state index in [1.54, 1.807) is 0 Å². The normalized spacial score (nSPS) is 10.6. The van der Waals surface area contributed by atoms with Crippen LogP contribution in [0.3, 0.4) is 0 Å². The average Bonchev–Trinajstić information content (AvgIpc) is 2.53. The van der Waals surface area contributed by atoms with Gasteiger partial charge in [0.25, 0.3) is 0 Å². The van der Waals surface area contributed by atoms with Gasteiger partial charge in [0.15, 0.2) is 5.16 Å². The molecule has 0 saturated carbocycles. The SMILES string of the molecule is CCN(CCc1ccccc1)C(=O)CSc1nc(C)cc(C)n1. The van der Waals surface area contributed by atoms with Gasteiger partial charge in [-0.05, 0) is 38.8 Å². The standard InChI is InChI=1S/C18H23N3OS/c1-4-21(11-10-16-8-6-5-7-9-16)17(22)13-23-18-19-14(2)12-15(3)20-18/h5-9,12H,4,10-11,13H2,1-3H3. The van der Waals surface area contributed by atoms with Crippen LogP contribution in [0.4, 0.5) is 0 Å². The third-order valence-corrected chi connectivity index (χ3v) is 4.37. The second kappa shape index (κ2) is 8.67. The Morgan fingerprint density at radius 1 is 1.13 bits per heavy atom. The first-order valence-corrected chi connectivity index (χ1v) is 8.84. The Hall–Kier alpha value is -1.88. The van der Waals surface area contributed by atoms with Crippen LogP contribution in [0.5, 0.6) is 0 Å². The summed E-state index contributed by atoms with van der Waals surface area (Å²) in [6.45, 7) is 7.37. The fourth-order valence-corrected chi connectivity index (χ4v) is 3.20. The number of thioether (sulfide) groups is 1. The van der Waals surface area contributed by atoms with Gasteiger partial charge in [0, 0.05) is 24.5 Å². The highest BCUT2D eigenvalue weighted by molar-refractivity contribution is 7.99. The van der Waals surface area contributed by atoms with E-state index in [4.69, 9.17) is 0 Å². The quantitative estimate of drug-likeness (QED) is 0.578. The minimum Gasteiger partial charge on any atom is -0.342 e. The molecular formula is C18H23N3OS. The van der Waals surface area contributed by atoms with Crippen LogP contribution in [-0.2, 0) is 11.2 Å². The second-order valence-corrected chi connectivity index (χ2v) is 6.37. The number of rotatable bonds is 7. The van der Waals surface area contributed by atoms with Crippen LogP contribution >= 0.6 is 11.8 Å². The van der Waals surface area contributed by atoms with Gasteiger partial charge in [0.1, 0.15) is 0 Å². The summed E-state index contributed by atoms with van der Waals surface area (Å²) in [5.41, 5.74) is 3.12. The van der Waals surface area contributed by atoms with Crippen LogP contribution in [0.2, 0.25) is 0 Å². The minimum absolute atomic E-state index is 0.135. The smallest absolute Gasteiger partial charge is 0.233 e. The fraction of sp³-hybridized carbons (Fsp3) is 0.389. The van der Waals surface area contributed by atoms with Gasteiger partial charge in [-0.15, -0.1) is 0 Å². The topological polar surface area (TPSA) is 46.1 Å². The van der Waals surface area contributed by atoms with E-state index in [-0.39, 0.29) is 5.91 Å². The van der Waals surface area contributed by atoms with Crippen molar-refractivity contribution in [2.24, 2.45) is 0 Å². The Kier molecular flexibility index (Phi) is 6.59. The number of nitrogens with zero attached hydrogens (tertiary/aromatic N) is 3. The van der Waals surface area contributed by atoms with Crippen molar-refractivity contribution in [2.45, 2.75) is 32.3 Å². The maximum absolute atomic E-state index is 12.4. The van der Waals surface area contributed by atoms with Crippen molar-refractivity contribution < 1.29 is 4.79 Å². The van der Waals surface area contributed by atoms with Gasteiger partial charge in [0.2, 0.25) is 5.91 Å². The van der Waals surface area contributed by atoms with Crippen molar-refractivity contribution >= 4 is 17.7 Å². The highest BCUT2D eigenvalue weighted by atomic mass is 32.2. The second-order valence-electron chi connectivity index (χ2n) is 5.43. The summed E-state index contributed by atoms with van der Waals surface area (Å²) < 4.78 is 0. The van der Waals surface area contributed by atoms with Crippen LogP contribution in [0.15, 0.2) is 41.6 Å². The van der Waals surface area contributed by atoms with E-state index in [9.17, 15) is 4.79 Å². The Bertz CT molecular complexity index is 626. The molecule has 0 atom stereocenters. The molecule has 0 saturated heterocycles. The molecule has 5 heteroatoms. The van der Waals surface area contributed by atoms with Crippen LogP contribution < -0.4 is 0 Å². The summed E-state index contributed by atoms with van der Waals surface area (Å²) in [5, 5.41) is 0.676. The average molecular weight is 329 g/mol. The zero-order chi connectivity index (χ0) is 16.7. The van der Waals surface area contributed by atoms with E-state index in [1.807, 2.05) is 49.9 Å². The summed E-state index contributed by atoms with van der Waals surface area (Å²) in [4.78, 5) is 23.0. The largest absolute Gasteiger partial charge is 0.342 e. The number of likely N-dealkylation sites (N-methyl/N-ethyl adjacent to an activating group) is 1. The molecular weight excluding hydrogens is 306 g/mol. The number of aryl methyl sites for hydroxylation is 2. The number of amides is 1. The van der Waals surface area contributed by atoms with Crippen LogP contribution in [-0.4, -0.2) is 39.6 Å². The first-order valence-electron chi connectivity index (χ1n) is 7.85. The summed E-state index contributed by atoms with van der Waals surface area (Å²) in [5.74, 6) is 0.516. The van der Waals surface area contributed by atoms with Gasteiger partial charge in [-0.3, -0.25) is 4.79 Å². The predicted molar refractivity (Wildman–Crippen MR) is 94.6 cm³/mol. The van der Waals surface area contributed by atoms with Gasteiger partial charge >= 0.3 is 0 Å². The van der Waals surface area contributed by atoms with E-state index < -0.39 is 0 Å². The number of hydrogen-bond donors (Lipinski definition) is 0. The lowest BCUT2D eigenvalue weighted by molar-refractivity contribution is -0.128. The summed E-state index contributed by atoms with van der Waals surface area (Å²) in [7, 11) is 0. The molecule has 0 aliphatic carbocycles. The van der Waals surface area contributed by atoms with Gasteiger partial charge < -0.3 is 4.90 Å². The van der Waals surface area contributed by atoms with E-state index in [0.29, 0.717) is 10.9 Å². The molecule has 1 aromatic heterocycles. The molecule has 23 heavy (non-hydrogen) atoms. The molecule has 122 valence electrons. The maximum Gasteiger partial charge on any atom is 0.233 e. The molecule has 4 nitrogen and oxygen atoms in total. The van der Waals surface area contributed by atoms with Crippen molar-refractivity contribution in [2.75, 3.05) is 18.8 Å². The Morgan fingerprint density at radius 3 is 2.39 bits per heavy atom. The van der Waals surface area contributed by atoms with Gasteiger partial charge in [-0.1, -0.05) is 42.1 Å². The number of carbonyl (C=O) groups is 1. The van der Waals surface area contributed by atoms with E-state index >= 15 is 0 Å². The molecule has 2 rings (SSSR count). The van der Waals surface area contributed by atoms with E-state index in [1.165, 1.54) is 17.3 Å². The Labute approximate surface area is 142 Å². The molecule has 0 radical (unpaired) electrons. The lowest BCUT2D eigenvalue weighted by Crippen LogP contribution is -2.34. The first-order chi connectivity index (χ1) is 11.1. The number of carbonyl (C=O) groups excluding carboxylic acids is 1. The third kappa shape index (κ3) is 5.67. The van der Waals surface area contributed by atoms with Gasteiger partial charge in [-0.2, -0.15) is 0 Å². The maximum atomic E-state index is 12.4. The zero-order valence-electron chi connectivity index (χ0n) is 14.0. The minimum atomic E-state index is 0.135. The molecule has 0 unspecified atom stereocenters. The van der Waals surface area contributed by atoms with Crippen LogP contribution in [0.1, 0.15) is 23.9 Å². The molecule has 1 heterocycles. The molecule has 2 aromatic rings. The Morgan fingerprint density at radius 2 is 1.78 bits per heavy atom. The molecule has 0 aliphatic rings. The lowest BCUT2D eigenvalue weighted by Gasteiger charge is -2.20. The van der Waals surface area contributed by atoms with Crippen LogP contribution in [0, 0.1) is 13.8 Å². The highest BCUT2D eigenvalue weighted by Gasteiger charge is 2.13. The van der Waals surface area contributed by atoms with E-state index in [0.717, 1.165) is 30.9 Å². The van der Waals surface area contributed by atoms with E-state index in [2.05, 4.69) is 22.1 Å².